The molecule has 1 aromatic rings. The second kappa shape index (κ2) is 6.59. The predicted octanol–water partition coefficient (Wildman–Crippen LogP) is 1.86. The Morgan fingerprint density at radius 3 is 2.78 bits per heavy atom. The van der Waals surface area contributed by atoms with Gasteiger partial charge in [0, 0.05) is 6.54 Å². The molecule has 0 heterocycles. The zero-order valence-corrected chi connectivity index (χ0v) is 10.3. The molecule has 1 rings (SSSR count). The minimum absolute atomic E-state index is 0.216. The van der Waals surface area contributed by atoms with Gasteiger partial charge in [-0.3, -0.25) is 9.59 Å². The zero-order chi connectivity index (χ0) is 13.5. The number of carbonyl (C=O) groups excluding carboxylic acids is 1. The molecule has 0 fully saturated rings. The van der Waals surface area contributed by atoms with Gasteiger partial charge in [-0.1, -0.05) is 35.9 Å². The molecule has 0 aromatic heterocycles. The average molecular weight is 247 g/mol. The van der Waals surface area contributed by atoms with Crippen molar-refractivity contribution in [1.82, 2.24) is 5.32 Å². The number of carboxylic acid groups (broad SMARTS) is 1. The van der Waals surface area contributed by atoms with Crippen LogP contribution < -0.4 is 5.32 Å². The lowest BCUT2D eigenvalue weighted by Gasteiger charge is -2.15. The fraction of sp³-hybridized carbons (Fsp3) is 0.286. The van der Waals surface area contributed by atoms with E-state index in [0.29, 0.717) is 6.54 Å². The monoisotopic (exact) mass is 247 g/mol. The number of carbonyl (C=O) groups is 2. The third kappa shape index (κ3) is 4.05. The van der Waals surface area contributed by atoms with Gasteiger partial charge in [0.1, 0.15) is 0 Å². The van der Waals surface area contributed by atoms with Crippen LogP contribution in [0, 0.1) is 6.92 Å². The van der Waals surface area contributed by atoms with Gasteiger partial charge in [-0.25, -0.2) is 0 Å². The summed E-state index contributed by atoms with van der Waals surface area (Å²) in [4.78, 5) is 22.8. The number of aliphatic carboxylic acids is 1. The minimum Gasteiger partial charge on any atom is -0.481 e. The van der Waals surface area contributed by atoms with Crippen molar-refractivity contribution in [3.63, 3.8) is 0 Å². The highest BCUT2D eigenvalue weighted by atomic mass is 16.4. The van der Waals surface area contributed by atoms with Crippen molar-refractivity contribution in [2.45, 2.75) is 19.3 Å². The van der Waals surface area contributed by atoms with Crippen LogP contribution in [-0.4, -0.2) is 23.5 Å². The highest BCUT2D eigenvalue weighted by molar-refractivity contribution is 5.87. The topological polar surface area (TPSA) is 66.4 Å². The van der Waals surface area contributed by atoms with E-state index in [-0.39, 0.29) is 12.3 Å². The Labute approximate surface area is 106 Å². The molecule has 0 radical (unpaired) electrons. The second-order valence-electron chi connectivity index (χ2n) is 4.10. The van der Waals surface area contributed by atoms with Crippen LogP contribution in [0.15, 0.2) is 36.9 Å². The van der Waals surface area contributed by atoms with Gasteiger partial charge in [0.2, 0.25) is 5.91 Å². The van der Waals surface area contributed by atoms with Crippen LogP contribution >= 0.6 is 0 Å². The Balaban J connectivity index is 2.93. The lowest BCUT2D eigenvalue weighted by atomic mass is 9.93. The first-order valence-electron chi connectivity index (χ1n) is 5.71. The van der Waals surface area contributed by atoms with E-state index < -0.39 is 11.9 Å². The Morgan fingerprint density at radius 2 is 2.22 bits per heavy atom. The Morgan fingerprint density at radius 1 is 1.50 bits per heavy atom. The van der Waals surface area contributed by atoms with E-state index in [2.05, 4.69) is 11.9 Å². The maximum Gasteiger partial charge on any atom is 0.304 e. The Kier molecular flexibility index (Phi) is 5.11. The normalized spacial score (nSPS) is 11.6. The fourth-order valence-corrected chi connectivity index (χ4v) is 1.72. The highest BCUT2D eigenvalue weighted by Crippen LogP contribution is 2.21. The number of nitrogens with one attached hydrogen (secondary N) is 1. The molecule has 96 valence electrons. The molecule has 0 spiro atoms. The van der Waals surface area contributed by atoms with E-state index >= 15 is 0 Å². The third-order valence-electron chi connectivity index (χ3n) is 2.56. The summed E-state index contributed by atoms with van der Waals surface area (Å²) in [6.45, 7) is 5.75. The molecule has 4 heteroatoms. The van der Waals surface area contributed by atoms with Crippen LogP contribution in [0.3, 0.4) is 0 Å². The van der Waals surface area contributed by atoms with Gasteiger partial charge in [-0.2, -0.15) is 0 Å². The van der Waals surface area contributed by atoms with Crippen LogP contribution in [0.4, 0.5) is 0 Å². The van der Waals surface area contributed by atoms with Gasteiger partial charge in [0.05, 0.1) is 12.3 Å². The van der Waals surface area contributed by atoms with Gasteiger partial charge in [-0.05, 0) is 12.5 Å². The Hall–Kier alpha value is -2.10. The van der Waals surface area contributed by atoms with E-state index in [1.165, 1.54) is 0 Å². The van der Waals surface area contributed by atoms with Gasteiger partial charge >= 0.3 is 5.97 Å². The summed E-state index contributed by atoms with van der Waals surface area (Å²) in [7, 11) is 0. The SMILES string of the molecule is C=CCNC(=O)C(CC(=O)O)c1cccc(C)c1. The molecule has 0 saturated carbocycles. The van der Waals surface area contributed by atoms with E-state index in [4.69, 9.17) is 5.11 Å². The van der Waals surface area contributed by atoms with Crippen LogP contribution in [0.5, 0.6) is 0 Å². The molecule has 18 heavy (non-hydrogen) atoms. The number of hydrogen-bond donors (Lipinski definition) is 2. The largest absolute Gasteiger partial charge is 0.481 e. The summed E-state index contributed by atoms with van der Waals surface area (Å²) in [5, 5.41) is 11.5. The minimum atomic E-state index is -0.991. The number of carboxylic acids is 1. The van der Waals surface area contributed by atoms with Crippen LogP contribution in [0.1, 0.15) is 23.5 Å². The summed E-state index contributed by atoms with van der Waals surface area (Å²) in [6, 6.07) is 7.33. The molecule has 1 unspecified atom stereocenters. The summed E-state index contributed by atoms with van der Waals surface area (Å²) < 4.78 is 0. The standard InChI is InChI=1S/C14H17NO3/c1-3-7-15-14(18)12(9-13(16)17)11-6-4-5-10(2)8-11/h3-6,8,12H,1,7,9H2,2H3,(H,15,18)(H,16,17). The lowest BCUT2D eigenvalue weighted by Crippen LogP contribution is -2.30. The smallest absolute Gasteiger partial charge is 0.304 e. The molecule has 0 bridgehead atoms. The predicted molar refractivity (Wildman–Crippen MR) is 69.4 cm³/mol. The molecule has 1 amide bonds. The maximum absolute atomic E-state index is 11.9. The number of hydrogen-bond acceptors (Lipinski definition) is 2. The quantitative estimate of drug-likeness (QED) is 0.754. The van der Waals surface area contributed by atoms with E-state index in [1.54, 1.807) is 12.1 Å². The fourth-order valence-electron chi connectivity index (χ4n) is 1.72. The lowest BCUT2D eigenvalue weighted by molar-refractivity contribution is -0.139. The highest BCUT2D eigenvalue weighted by Gasteiger charge is 2.23. The van der Waals surface area contributed by atoms with Crippen molar-refractivity contribution in [2.24, 2.45) is 0 Å². The van der Waals surface area contributed by atoms with Crippen LogP contribution in [-0.2, 0) is 9.59 Å². The molecule has 0 aliphatic rings. The first kappa shape index (κ1) is 14.0. The van der Waals surface area contributed by atoms with Crippen molar-refractivity contribution in [1.29, 1.82) is 0 Å². The number of rotatable bonds is 6. The number of aryl methyl sites for hydroxylation is 1. The van der Waals surface area contributed by atoms with E-state index in [0.717, 1.165) is 11.1 Å². The van der Waals surface area contributed by atoms with Crippen molar-refractivity contribution in [3.05, 3.63) is 48.0 Å². The molecule has 1 atom stereocenters. The maximum atomic E-state index is 11.9. The molecule has 0 aliphatic carbocycles. The van der Waals surface area contributed by atoms with E-state index in [9.17, 15) is 9.59 Å². The van der Waals surface area contributed by atoms with Gasteiger partial charge in [0.15, 0.2) is 0 Å². The number of benzene rings is 1. The molecular weight excluding hydrogens is 230 g/mol. The summed E-state index contributed by atoms with van der Waals surface area (Å²) in [6.07, 6.45) is 1.35. The first-order valence-corrected chi connectivity index (χ1v) is 5.71. The van der Waals surface area contributed by atoms with Gasteiger partial charge < -0.3 is 10.4 Å². The molecular formula is C14H17NO3. The van der Waals surface area contributed by atoms with Crippen LogP contribution in [0.25, 0.3) is 0 Å². The van der Waals surface area contributed by atoms with Gasteiger partial charge in [0.25, 0.3) is 0 Å². The van der Waals surface area contributed by atoms with E-state index in [1.807, 2.05) is 25.1 Å². The molecule has 0 saturated heterocycles. The summed E-state index contributed by atoms with van der Waals surface area (Å²) in [5.74, 6) is -1.94. The molecule has 2 N–H and O–H groups in total. The van der Waals surface area contributed by atoms with Gasteiger partial charge in [-0.15, -0.1) is 6.58 Å². The first-order chi connectivity index (χ1) is 8.54. The molecule has 0 aliphatic heterocycles. The van der Waals surface area contributed by atoms with Crippen molar-refractivity contribution < 1.29 is 14.7 Å². The van der Waals surface area contributed by atoms with Crippen LogP contribution in [0.2, 0.25) is 0 Å². The molecule has 1 aromatic carbocycles. The molecule has 4 nitrogen and oxygen atoms in total. The Bertz CT molecular complexity index is 454. The van der Waals surface area contributed by atoms with Crippen molar-refractivity contribution >= 4 is 11.9 Å². The summed E-state index contributed by atoms with van der Waals surface area (Å²) >= 11 is 0. The number of amides is 1. The zero-order valence-electron chi connectivity index (χ0n) is 10.3. The average Bonchev–Trinajstić information content (AvgIpc) is 2.32. The summed E-state index contributed by atoms with van der Waals surface area (Å²) in [5.41, 5.74) is 1.72. The second-order valence-corrected chi connectivity index (χ2v) is 4.10. The van der Waals surface area contributed by atoms with Crippen molar-refractivity contribution in [2.75, 3.05) is 6.54 Å². The third-order valence-corrected chi connectivity index (χ3v) is 2.56. The van der Waals surface area contributed by atoms with Crippen molar-refractivity contribution in [3.8, 4) is 0 Å².